The fourth-order valence-corrected chi connectivity index (χ4v) is 4.77. The average Bonchev–Trinajstić information content (AvgIpc) is 3.44. The summed E-state index contributed by atoms with van der Waals surface area (Å²) in [5, 5.41) is 11.0. The molecule has 0 spiro atoms. The van der Waals surface area contributed by atoms with E-state index in [9.17, 15) is 14.9 Å². The minimum atomic E-state index is -0.483. The van der Waals surface area contributed by atoms with Gasteiger partial charge in [-0.15, -0.1) is 0 Å². The molecule has 160 valence electrons. The zero-order valence-corrected chi connectivity index (χ0v) is 18.2. The van der Waals surface area contributed by atoms with E-state index < -0.39 is 4.92 Å². The number of thiazole rings is 1. The molecule has 0 fully saturated rings. The molecule has 0 atom stereocenters. The van der Waals surface area contributed by atoms with Crippen LogP contribution in [0, 0.1) is 24.0 Å². The zero-order chi connectivity index (χ0) is 22.6. The lowest BCUT2D eigenvalue weighted by molar-refractivity contribution is -0.384. The van der Waals surface area contributed by atoms with Crippen molar-refractivity contribution < 1.29 is 14.1 Å². The van der Waals surface area contributed by atoms with E-state index in [2.05, 4.69) is 4.98 Å². The van der Waals surface area contributed by atoms with Gasteiger partial charge in [-0.3, -0.25) is 14.9 Å². The summed E-state index contributed by atoms with van der Waals surface area (Å²) in [6, 6.07) is 11.8. The van der Waals surface area contributed by atoms with Crippen LogP contribution < -0.4 is 14.8 Å². The number of aryl methyl sites for hydroxylation is 2. The first-order chi connectivity index (χ1) is 15.4. The number of nitro groups is 1. The van der Waals surface area contributed by atoms with Gasteiger partial charge in [0.2, 0.25) is 0 Å². The number of ether oxygens (including phenoxy) is 1. The number of nitro benzene ring substituents is 1. The first-order valence-corrected chi connectivity index (χ1v) is 10.5. The topological polar surface area (TPSA) is 99.9 Å². The number of methoxy groups -OCH3 is 1. The molecule has 5 aromatic rings. The number of imidazole rings is 1. The quantitative estimate of drug-likeness (QED) is 0.302. The molecule has 9 heteroatoms. The van der Waals surface area contributed by atoms with Gasteiger partial charge in [0.1, 0.15) is 21.8 Å². The highest BCUT2D eigenvalue weighted by Crippen LogP contribution is 2.34. The average molecular weight is 447 g/mol. The van der Waals surface area contributed by atoms with E-state index in [4.69, 9.17) is 9.15 Å². The molecule has 0 aliphatic rings. The van der Waals surface area contributed by atoms with Crippen LogP contribution >= 0.6 is 11.3 Å². The van der Waals surface area contributed by atoms with Gasteiger partial charge in [-0.1, -0.05) is 17.4 Å². The van der Waals surface area contributed by atoms with Gasteiger partial charge in [-0.2, -0.15) is 0 Å². The fourth-order valence-electron chi connectivity index (χ4n) is 3.81. The van der Waals surface area contributed by atoms with Gasteiger partial charge in [-0.25, -0.2) is 9.38 Å². The lowest BCUT2D eigenvalue weighted by Crippen LogP contribution is -2.22. The highest BCUT2D eigenvalue weighted by atomic mass is 32.1. The first kappa shape index (κ1) is 20.0. The molecule has 0 bridgehead atoms. The summed E-state index contributed by atoms with van der Waals surface area (Å²) in [5.74, 6) is 1.29. The van der Waals surface area contributed by atoms with Gasteiger partial charge < -0.3 is 9.15 Å². The Morgan fingerprint density at radius 2 is 2.00 bits per heavy atom. The first-order valence-electron chi connectivity index (χ1n) is 9.72. The third-order valence-corrected chi connectivity index (χ3v) is 6.21. The van der Waals surface area contributed by atoms with Gasteiger partial charge >= 0.3 is 0 Å². The van der Waals surface area contributed by atoms with Crippen molar-refractivity contribution in [2.75, 3.05) is 7.11 Å². The highest BCUT2D eigenvalue weighted by Gasteiger charge is 2.16. The highest BCUT2D eigenvalue weighted by molar-refractivity contribution is 7.15. The van der Waals surface area contributed by atoms with E-state index in [0.29, 0.717) is 32.3 Å². The van der Waals surface area contributed by atoms with Gasteiger partial charge in [0.05, 0.1) is 34.7 Å². The molecular weight excluding hydrogens is 430 g/mol. The number of furan rings is 1. The Morgan fingerprint density at radius 3 is 2.75 bits per heavy atom. The van der Waals surface area contributed by atoms with Crippen LogP contribution in [0.25, 0.3) is 33.4 Å². The van der Waals surface area contributed by atoms with Crippen LogP contribution in [-0.2, 0) is 0 Å². The maximum absolute atomic E-state index is 13.1. The second-order valence-corrected chi connectivity index (χ2v) is 8.45. The Kier molecular flexibility index (Phi) is 4.56. The fraction of sp³-hybridized carbons (Fsp3) is 0.130. The molecule has 0 N–H and O–H groups in total. The summed E-state index contributed by atoms with van der Waals surface area (Å²) < 4.78 is 13.3. The third kappa shape index (κ3) is 3.14. The summed E-state index contributed by atoms with van der Waals surface area (Å²) in [6.45, 7) is 3.98. The van der Waals surface area contributed by atoms with Crippen molar-refractivity contribution in [1.29, 1.82) is 0 Å². The summed E-state index contributed by atoms with van der Waals surface area (Å²) in [4.78, 5) is 28.9. The molecule has 3 heterocycles. The smallest absolute Gasteiger partial charge is 0.275 e. The Labute approximate surface area is 185 Å². The minimum Gasteiger partial charge on any atom is -0.496 e. The number of hydrogen-bond acceptors (Lipinski definition) is 7. The Balaban J connectivity index is 1.60. The summed E-state index contributed by atoms with van der Waals surface area (Å²) in [5.41, 5.74) is 4.10. The van der Waals surface area contributed by atoms with Crippen LogP contribution in [0.5, 0.6) is 5.75 Å². The summed E-state index contributed by atoms with van der Waals surface area (Å²) in [7, 11) is 1.44. The molecule has 0 unspecified atom stereocenters. The van der Waals surface area contributed by atoms with Gasteiger partial charge in [0, 0.05) is 12.1 Å². The van der Waals surface area contributed by atoms with Crippen molar-refractivity contribution in [2.24, 2.45) is 0 Å². The molecular formula is C23H17N3O5S. The van der Waals surface area contributed by atoms with Crippen molar-refractivity contribution in [1.82, 2.24) is 9.38 Å². The van der Waals surface area contributed by atoms with Gasteiger partial charge in [-0.05, 0) is 49.2 Å². The van der Waals surface area contributed by atoms with Gasteiger partial charge in [0.15, 0.2) is 4.96 Å². The number of non-ortho nitro benzene ring substituents is 1. The molecule has 0 amide bonds. The molecule has 8 nitrogen and oxygen atoms in total. The van der Waals surface area contributed by atoms with E-state index in [1.54, 1.807) is 28.7 Å². The molecule has 32 heavy (non-hydrogen) atoms. The molecule has 0 saturated heterocycles. The second-order valence-electron chi connectivity index (χ2n) is 7.44. The molecule has 2 aromatic carbocycles. The van der Waals surface area contributed by atoms with Crippen LogP contribution in [0.4, 0.5) is 5.69 Å². The SMILES string of the molecule is COc1cc([N+](=O)[O-])ccc1-c1ccc(/C=c2\sc3nc4c(C)cc(C)cc4n3c2=O)o1. The van der Waals surface area contributed by atoms with E-state index in [-0.39, 0.29) is 11.2 Å². The summed E-state index contributed by atoms with van der Waals surface area (Å²) in [6.07, 6.45) is 1.68. The Morgan fingerprint density at radius 1 is 1.19 bits per heavy atom. The summed E-state index contributed by atoms with van der Waals surface area (Å²) >= 11 is 1.30. The lowest BCUT2D eigenvalue weighted by atomic mass is 10.1. The third-order valence-electron chi connectivity index (χ3n) is 5.24. The molecule has 0 saturated carbocycles. The van der Waals surface area contributed by atoms with E-state index >= 15 is 0 Å². The minimum absolute atomic E-state index is 0.0698. The van der Waals surface area contributed by atoms with Crippen molar-refractivity contribution in [3.05, 3.63) is 84.4 Å². The van der Waals surface area contributed by atoms with E-state index in [1.165, 1.54) is 30.6 Å². The van der Waals surface area contributed by atoms with Crippen LogP contribution in [0.2, 0.25) is 0 Å². The lowest BCUT2D eigenvalue weighted by Gasteiger charge is -2.05. The predicted octanol–water partition coefficient (Wildman–Crippen LogP) is 4.25. The molecule has 0 aliphatic carbocycles. The number of aromatic nitrogens is 2. The van der Waals surface area contributed by atoms with Crippen LogP contribution in [0.3, 0.4) is 0 Å². The van der Waals surface area contributed by atoms with Crippen molar-refractivity contribution in [3.8, 4) is 17.1 Å². The molecule has 5 rings (SSSR count). The largest absolute Gasteiger partial charge is 0.496 e. The number of benzene rings is 2. The number of hydrogen-bond donors (Lipinski definition) is 0. The maximum Gasteiger partial charge on any atom is 0.275 e. The number of nitrogens with zero attached hydrogens (tertiary/aromatic N) is 3. The zero-order valence-electron chi connectivity index (χ0n) is 17.4. The Hall–Kier alpha value is -3.98. The van der Waals surface area contributed by atoms with E-state index in [0.717, 1.165) is 22.2 Å². The normalized spacial score (nSPS) is 12.2. The number of rotatable bonds is 4. The van der Waals surface area contributed by atoms with Crippen molar-refractivity contribution >= 4 is 39.1 Å². The standard InChI is InChI=1S/C23H17N3O5S/c1-12-8-13(2)21-17(9-12)25-22(27)20(32-23(25)24-21)11-15-5-7-18(31-15)16-6-4-14(26(28)29)10-19(16)30-3/h4-11H,1-3H3/b20-11-. The van der Waals surface area contributed by atoms with E-state index in [1.807, 2.05) is 26.0 Å². The second kappa shape index (κ2) is 7.31. The van der Waals surface area contributed by atoms with Crippen LogP contribution in [0.15, 0.2) is 51.7 Å². The monoisotopic (exact) mass is 447 g/mol. The Bertz CT molecular complexity index is 1640. The number of fused-ring (bicyclic) bond motifs is 3. The maximum atomic E-state index is 13.1. The van der Waals surface area contributed by atoms with Crippen LogP contribution in [-0.4, -0.2) is 21.4 Å². The van der Waals surface area contributed by atoms with Crippen molar-refractivity contribution in [2.45, 2.75) is 13.8 Å². The van der Waals surface area contributed by atoms with Crippen molar-refractivity contribution in [3.63, 3.8) is 0 Å². The molecule has 0 radical (unpaired) electrons. The molecule has 0 aliphatic heterocycles. The predicted molar refractivity (Wildman–Crippen MR) is 122 cm³/mol. The van der Waals surface area contributed by atoms with Gasteiger partial charge in [0.25, 0.3) is 11.2 Å². The van der Waals surface area contributed by atoms with Crippen LogP contribution in [0.1, 0.15) is 16.9 Å². The molecule has 3 aromatic heterocycles.